The van der Waals surface area contributed by atoms with Crippen molar-refractivity contribution in [2.75, 3.05) is 18.4 Å². The molecule has 4 nitrogen and oxygen atoms in total. The van der Waals surface area contributed by atoms with E-state index >= 15 is 0 Å². The normalized spacial score (nSPS) is 19.6. The zero-order valence-electron chi connectivity index (χ0n) is 28.0. The summed E-state index contributed by atoms with van der Waals surface area (Å²) in [6.07, 6.45) is 32.8. The maximum atomic E-state index is 6.58. The summed E-state index contributed by atoms with van der Waals surface area (Å²) in [7, 11) is 0. The lowest BCUT2D eigenvalue weighted by Crippen LogP contribution is -2.56. The molecule has 44 heavy (non-hydrogen) atoms. The van der Waals surface area contributed by atoms with Gasteiger partial charge in [0, 0.05) is 12.1 Å². The Morgan fingerprint density at radius 2 is 1.16 bits per heavy atom. The van der Waals surface area contributed by atoms with Crippen LogP contribution in [0.1, 0.15) is 136 Å². The van der Waals surface area contributed by atoms with E-state index in [1.807, 2.05) is 30.3 Å². The quantitative estimate of drug-likeness (QED) is 0.101. The third-order valence-corrected chi connectivity index (χ3v) is 9.50. The lowest BCUT2D eigenvalue weighted by atomic mass is 10.0. The molecule has 242 valence electrons. The van der Waals surface area contributed by atoms with Gasteiger partial charge in [0.2, 0.25) is 0 Å². The summed E-state index contributed by atoms with van der Waals surface area (Å²) >= 11 is 0. The molecule has 2 heterocycles. The Labute approximate surface area is 269 Å². The van der Waals surface area contributed by atoms with Gasteiger partial charge >= 0.3 is 0 Å². The van der Waals surface area contributed by atoms with Crippen molar-refractivity contribution in [3.8, 4) is 11.5 Å². The topological polar surface area (TPSA) is 30.5 Å². The lowest BCUT2D eigenvalue weighted by Gasteiger charge is -2.36. The molecule has 2 aromatic carbocycles. The number of unbranched alkanes of at least 4 members (excludes halogenated alkanes) is 17. The number of hydrogen-bond donors (Lipinski definition) is 1. The largest absolute Gasteiger partial charge is 0.439 e. The highest BCUT2D eigenvalue weighted by atomic mass is 16.5. The third-order valence-electron chi connectivity index (χ3n) is 9.50. The Kier molecular flexibility index (Phi) is 15.2. The van der Waals surface area contributed by atoms with E-state index in [1.165, 1.54) is 121 Å². The van der Waals surface area contributed by atoms with E-state index in [-0.39, 0.29) is 6.23 Å². The molecular formula is C40H61N2O2+. The molecule has 0 amide bonds. The van der Waals surface area contributed by atoms with Gasteiger partial charge in [0.25, 0.3) is 6.23 Å². The van der Waals surface area contributed by atoms with Crippen molar-refractivity contribution < 1.29 is 9.47 Å². The Morgan fingerprint density at radius 3 is 1.75 bits per heavy atom. The average Bonchev–Trinajstić information content (AvgIpc) is 3.59. The van der Waals surface area contributed by atoms with Gasteiger partial charge < -0.3 is 14.8 Å². The number of hydrogen-bond acceptors (Lipinski definition) is 3. The van der Waals surface area contributed by atoms with E-state index in [9.17, 15) is 0 Å². The summed E-state index contributed by atoms with van der Waals surface area (Å²) in [6, 6.07) is 16.7. The maximum absolute atomic E-state index is 6.58. The molecular weight excluding hydrogens is 540 g/mol. The molecule has 0 aliphatic carbocycles. The van der Waals surface area contributed by atoms with E-state index < -0.39 is 0 Å². The molecule has 2 aliphatic heterocycles. The molecule has 0 aromatic heterocycles. The van der Waals surface area contributed by atoms with E-state index in [4.69, 9.17) is 9.47 Å². The smallest absolute Gasteiger partial charge is 0.258 e. The molecule has 0 fully saturated rings. The molecule has 2 atom stereocenters. The van der Waals surface area contributed by atoms with E-state index in [2.05, 4.69) is 55.6 Å². The van der Waals surface area contributed by atoms with Crippen LogP contribution in [-0.2, 0) is 0 Å². The number of ether oxygens (including phenoxy) is 2. The van der Waals surface area contributed by atoms with Gasteiger partial charge in [-0.25, -0.2) is 4.48 Å². The first kappa shape index (κ1) is 34.2. The highest BCUT2D eigenvalue weighted by Gasteiger charge is 2.46. The van der Waals surface area contributed by atoms with Crippen LogP contribution < -0.4 is 19.3 Å². The first-order chi connectivity index (χ1) is 21.8. The van der Waals surface area contributed by atoms with E-state index in [0.29, 0.717) is 0 Å². The number of quaternary nitrogens is 1. The van der Waals surface area contributed by atoms with Gasteiger partial charge in [-0.05, 0) is 43.5 Å². The summed E-state index contributed by atoms with van der Waals surface area (Å²) in [6.45, 7) is 6.80. The van der Waals surface area contributed by atoms with Gasteiger partial charge in [0.15, 0.2) is 23.1 Å². The Bertz CT molecular complexity index is 1110. The van der Waals surface area contributed by atoms with Crippen molar-refractivity contribution in [2.24, 2.45) is 0 Å². The van der Waals surface area contributed by atoms with Gasteiger partial charge in [0.1, 0.15) is 0 Å². The molecule has 0 saturated heterocycles. The van der Waals surface area contributed by atoms with Crippen molar-refractivity contribution in [3.05, 3.63) is 72.6 Å². The fourth-order valence-electron chi connectivity index (χ4n) is 7.05. The van der Waals surface area contributed by atoms with Crippen molar-refractivity contribution in [1.29, 1.82) is 0 Å². The summed E-state index contributed by atoms with van der Waals surface area (Å²) in [5.41, 5.74) is 2.35. The number of nitrogens with zero attached hydrogens (tertiary/aromatic N) is 1. The number of fused-ring (bicyclic) bond motifs is 2. The minimum atomic E-state index is -0.0150. The van der Waals surface area contributed by atoms with Gasteiger partial charge in [0.05, 0.1) is 18.8 Å². The van der Waals surface area contributed by atoms with Crippen LogP contribution in [0.4, 0.5) is 11.4 Å². The molecule has 4 rings (SSSR count). The minimum Gasteiger partial charge on any atom is -0.439 e. The number of anilines is 1. The highest BCUT2D eigenvalue weighted by Crippen LogP contribution is 2.44. The molecule has 2 unspecified atom stereocenters. The minimum absolute atomic E-state index is 0.0150. The Balaban J connectivity index is 1.13. The number of nitrogens with one attached hydrogen (secondary N) is 1. The third kappa shape index (κ3) is 10.4. The van der Waals surface area contributed by atoms with Crippen LogP contribution in [0, 0.1) is 0 Å². The van der Waals surface area contributed by atoms with E-state index in [1.54, 1.807) is 0 Å². The molecule has 0 spiro atoms. The summed E-state index contributed by atoms with van der Waals surface area (Å²) in [5.74, 6) is 2.67. The number of allylic oxidation sites excluding steroid dienone is 2. The zero-order valence-corrected chi connectivity index (χ0v) is 28.0. The predicted molar refractivity (Wildman–Crippen MR) is 189 cm³/mol. The standard InChI is InChI=1S/C40H61N2O2/c1-3-5-6-7-8-9-10-11-12-13-14-15-16-17-18-19-20-25-34-42(33-4-2)36-28-22-24-30-38(36)44-40(42)32-26-31-39-41-35-27-21-23-29-37(35)43-39/h21-24,26-32,40-41H,3-20,25,33-34H2,1-2H3/q+1. The molecule has 1 N–H and O–H groups in total. The Morgan fingerprint density at radius 1 is 0.614 bits per heavy atom. The molecule has 0 bridgehead atoms. The SMILES string of the molecule is CCCCCCCCCCCCCCCCCCCC[N+]1(CCC)c2ccccc2OC1C=CC=C1Nc2ccccc2O1. The first-order valence-electron chi connectivity index (χ1n) is 18.3. The van der Waals surface area contributed by atoms with Crippen LogP contribution in [-0.4, -0.2) is 19.3 Å². The monoisotopic (exact) mass is 601 g/mol. The average molecular weight is 602 g/mol. The number of benzene rings is 2. The predicted octanol–water partition coefficient (Wildman–Crippen LogP) is 12.1. The number of rotatable bonds is 23. The summed E-state index contributed by atoms with van der Waals surface area (Å²) < 4.78 is 13.4. The van der Waals surface area contributed by atoms with Crippen LogP contribution in [0.3, 0.4) is 0 Å². The van der Waals surface area contributed by atoms with Crippen molar-refractivity contribution in [2.45, 2.75) is 142 Å². The van der Waals surface area contributed by atoms with Crippen molar-refractivity contribution in [3.63, 3.8) is 0 Å². The molecule has 0 radical (unpaired) electrons. The zero-order chi connectivity index (χ0) is 30.7. The van der Waals surface area contributed by atoms with Crippen LogP contribution in [0.2, 0.25) is 0 Å². The highest BCUT2D eigenvalue weighted by molar-refractivity contribution is 5.64. The van der Waals surface area contributed by atoms with Gasteiger partial charge in [-0.1, -0.05) is 147 Å². The second kappa shape index (κ2) is 19.6. The Hall–Kier alpha value is -2.72. The van der Waals surface area contributed by atoms with Crippen LogP contribution in [0.15, 0.2) is 72.6 Å². The van der Waals surface area contributed by atoms with Crippen LogP contribution >= 0.6 is 0 Å². The second-order valence-electron chi connectivity index (χ2n) is 13.1. The van der Waals surface area contributed by atoms with Crippen LogP contribution in [0.5, 0.6) is 11.5 Å². The molecule has 4 heteroatoms. The van der Waals surface area contributed by atoms with Gasteiger partial charge in [-0.15, -0.1) is 0 Å². The van der Waals surface area contributed by atoms with Gasteiger partial charge in [-0.2, -0.15) is 0 Å². The van der Waals surface area contributed by atoms with E-state index in [0.717, 1.165) is 47.1 Å². The maximum Gasteiger partial charge on any atom is 0.258 e. The summed E-state index contributed by atoms with van der Waals surface area (Å²) in [5, 5.41) is 3.35. The molecule has 2 aliphatic rings. The second-order valence-corrected chi connectivity index (χ2v) is 13.1. The fourth-order valence-corrected chi connectivity index (χ4v) is 7.05. The van der Waals surface area contributed by atoms with Gasteiger partial charge in [-0.3, -0.25) is 0 Å². The molecule has 2 aromatic rings. The number of para-hydroxylation sites is 4. The lowest BCUT2D eigenvalue weighted by molar-refractivity contribution is 0.103. The fraction of sp³-hybridized carbons (Fsp3) is 0.600. The molecule has 0 saturated carbocycles. The first-order valence-corrected chi connectivity index (χ1v) is 18.3. The van der Waals surface area contributed by atoms with Crippen molar-refractivity contribution >= 4 is 11.4 Å². The van der Waals surface area contributed by atoms with Crippen LogP contribution in [0.25, 0.3) is 0 Å². The summed E-state index contributed by atoms with van der Waals surface area (Å²) in [4.78, 5) is 0. The van der Waals surface area contributed by atoms with Crippen molar-refractivity contribution in [1.82, 2.24) is 4.48 Å².